The number of rotatable bonds is 4. The molecule has 142 valence electrons. The lowest BCUT2D eigenvalue weighted by molar-refractivity contribution is -0.123. The Morgan fingerprint density at radius 2 is 1.96 bits per heavy atom. The van der Waals surface area contributed by atoms with Gasteiger partial charge in [-0.05, 0) is 81.3 Å². The standard InChI is InChI=1S/C23H29N3O/c1-18(23(27)26-13-5-8-21-7-2-3-9-22(21)26)25-14-10-19(11-15-25)16-20-6-4-12-24-17-20/h2-4,6-7,9,12,17-19H,5,8,10-11,13-16H2,1H3/t18-/m0/s1. The van der Waals surface area contributed by atoms with Gasteiger partial charge in [-0.15, -0.1) is 0 Å². The van der Waals surface area contributed by atoms with Gasteiger partial charge in [-0.3, -0.25) is 14.7 Å². The number of pyridine rings is 1. The normalized spacial score (nSPS) is 19.5. The Morgan fingerprint density at radius 1 is 1.15 bits per heavy atom. The number of likely N-dealkylation sites (tertiary alicyclic amines) is 1. The van der Waals surface area contributed by atoms with Crippen LogP contribution in [0.25, 0.3) is 0 Å². The van der Waals surface area contributed by atoms with Crippen molar-refractivity contribution in [3.63, 3.8) is 0 Å². The Morgan fingerprint density at radius 3 is 2.74 bits per heavy atom. The lowest BCUT2D eigenvalue weighted by Crippen LogP contribution is -2.51. The number of piperidine rings is 1. The molecule has 4 heteroatoms. The van der Waals surface area contributed by atoms with E-state index in [4.69, 9.17) is 0 Å². The lowest BCUT2D eigenvalue weighted by Gasteiger charge is -2.38. The smallest absolute Gasteiger partial charge is 0.244 e. The van der Waals surface area contributed by atoms with Gasteiger partial charge in [0.2, 0.25) is 5.91 Å². The number of aryl methyl sites for hydroxylation is 1. The molecule has 2 aliphatic rings. The minimum atomic E-state index is -0.0458. The maximum absolute atomic E-state index is 13.2. The molecule has 27 heavy (non-hydrogen) atoms. The summed E-state index contributed by atoms with van der Waals surface area (Å²) in [4.78, 5) is 21.8. The van der Waals surface area contributed by atoms with Gasteiger partial charge in [0.05, 0.1) is 6.04 Å². The Balaban J connectivity index is 1.35. The molecule has 1 fully saturated rings. The number of hydrogen-bond acceptors (Lipinski definition) is 3. The third-order valence-corrected chi connectivity index (χ3v) is 6.18. The van der Waals surface area contributed by atoms with Gasteiger partial charge < -0.3 is 4.90 Å². The quantitative estimate of drug-likeness (QED) is 0.831. The maximum atomic E-state index is 13.2. The summed E-state index contributed by atoms with van der Waals surface area (Å²) in [7, 11) is 0. The van der Waals surface area contributed by atoms with Gasteiger partial charge in [-0.2, -0.15) is 0 Å². The van der Waals surface area contributed by atoms with Crippen molar-refractivity contribution < 1.29 is 4.79 Å². The molecule has 1 aromatic carbocycles. The molecule has 4 nitrogen and oxygen atoms in total. The molecule has 0 bridgehead atoms. The van der Waals surface area contributed by atoms with Crippen molar-refractivity contribution in [2.45, 2.75) is 45.1 Å². The van der Waals surface area contributed by atoms with Crippen LogP contribution >= 0.6 is 0 Å². The van der Waals surface area contributed by atoms with Crippen LogP contribution in [-0.4, -0.2) is 41.5 Å². The molecule has 1 aromatic heterocycles. The largest absolute Gasteiger partial charge is 0.311 e. The molecule has 1 saturated heterocycles. The van der Waals surface area contributed by atoms with Crippen LogP contribution in [0.15, 0.2) is 48.8 Å². The molecule has 0 spiro atoms. The van der Waals surface area contributed by atoms with E-state index in [-0.39, 0.29) is 11.9 Å². The van der Waals surface area contributed by atoms with Crippen molar-refractivity contribution in [2.24, 2.45) is 5.92 Å². The van der Waals surface area contributed by atoms with E-state index in [0.29, 0.717) is 5.92 Å². The van der Waals surface area contributed by atoms with Crippen molar-refractivity contribution in [1.29, 1.82) is 0 Å². The van der Waals surface area contributed by atoms with E-state index in [1.165, 1.54) is 11.1 Å². The van der Waals surface area contributed by atoms with Gasteiger partial charge >= 0.3 is 0 Å². The summed E-state index contributed by atoms with van der Waals surface area (Å²) in [6.07, 6.45) is 9.36. The van der Waals surface area contributed by atoms with Gasteiger partial charge in [-0.1, -0.05) is 24.3 Å². The first-order valence-corrected chi connectivity index (χ1v) is 10.2. The molecule has 4 rings (SSSR count). The number of para-hydroxylation sites is 1. The minimum Gasteiger partial charge on any atom is -0.311 e. The Hall–Kier alpha value is -2.20. The number of carbonyl (C=O) groups is 1. The number of carbonyl (C=O) groups excluding carboxylic acids is 1. The summed E-state index contributed by atoms with van der Waals surface area (Å²) in [6, 6.07) is 12.5. The van der Waals surface area contributed by atoms with Crippen LogP contribution in [0, 0.1) is 5.92 Å². The molecule has 2 aliphatic heterocycles. The zero-order valence-corrected chi connectivity index (χ0v) is 16.2. The highest BCUT2D eigenvalue weighted by Crippen LogP contribution is 2.29. The molecular weight excluding hydrogens is 334 g/mol. The Bertz CT molecular complexity index is 768. The van der Waals surface area contributed by atoms with Crippen LogP contribution in [0.2, 0.25) is 0 Å². The summed E-state index contributed by atoms with van der Waals surface area (Å²) in [6.45, 7) is 4.94. The molecule has 2 aromatic rings. The van der Waals surface area contributed by atoms with Gasteiger partial charge in [0, 0.05) is 24.6 Å². The highest BCUT2D eigenvalue weighted by atomic mass is 16.2. The van der Waals surface area contributed by atoms with Gasteiger partial charge in [-0.25, -0.2) is 0 Å². The number of aromatic nitrogens is 1. The molecular formula is C23H29N3O. The number of amides is 1. The van der Waals surface area contributed by atoms with Gasteiger partial charge in [0.15, 0.2) is 0 Å². The van der Waals surface area contributed by atoms with E-state index in [1.54, 1.807) is 0 Å². The summed E-state index contributed by atoms with van der Waals surface area (Å²) in [5.74, 6) is 0.955. The molecule has 3 heterocycles. The summed E-state index contributed by atoms with van der Waals surface area (Å²) >= 11 is 0. The molecule has 0 aliphatic carbocycles. The van der Waals surface area contributed by atoms with Crippen LogP contribution in [0.4, 0.5) is 5.69 Å². The van der Waals surface area contributed by atoms with E-state index in [9.17, 15) is 4.79 Å². The van der Waals surface area contributed by atoms with Crippen LogP contribution < -0.4 is 4.90 Å². The first-order chi connectivity index (χ1) is 13.2. The van der Waals surface area contributed by atoms with E-state index < -0.39 is 0 Å². The highest BCUT2D eigenvalue weighted by molar-refractivity contribution is 5.98. The van der Waals surface area contributed by atoms with E-state index >= 15 is 0 Å². The van der Waals surface area contributed by atoms with E-state index in [1.807, 2.05) is 29.4 Å². The predicted octanol–water partition coefficient (Wildman–Crippen LogP) is 3.70. The summed E-state index contributed by atoms with van der Waals surface area (Å²) in [5.41, 5.74) is 3.75. The number of anilines is 1. The SMILES string of the molecule is C[C@@H](C(=O)N1CCCc2ccccc21)N1CCC(Cc2cccnc2)CC1. The summed E-state index contributed by atoms with van der Waals surface area (Å²) < 4.78 is 0. The minimum absolute atomic E-state index is 0.0458. The number of nitrogens with zero attached hydrogens (tertiary/aromatic N) is 3. The molecule has 0 N–H and O–H groups in total. The highest BCUT2D eigenvalue weighted by Gasteiger charge is 2.31. The van der Waals surface area contributed by atoms with E-state index in [0.717, 1.165) is 57.4 Å². The third-order valence-electron chi connectivity index (χ3n) is 6.18. The summed E-state index contributed by atoms with van der Waals surface area (Å²) in [5, 5.41) is 0. The fourth-order valence-electron chi connectivity index (χ4n) is 4.54. The number of benzene rings is 1. The van der Waals surface area contributed by atoms with Gasteiger partial charge in [0.25, 0.3) is 0 Å². The van der Waals surface area contributed by atoms with Crippen LogP contribution in [0.5, 0.6) is 0 Å². The Kier molecular flexibility index (Phi) is 5.53. The third kappa shape index (κ3) is 4.06. The van der Waals surface area contributed by atoms with Crippen molar-refractivity contribution in [3.05, 3.63) is 59.9 Å². The van der Waals surface area contributed by atoms with Crippen LogP contribution in [0.1, 0.15) is 37.3 Å². The average molecular weight is 364 g/mol. The topological polar surface area (TPSA) is 36.4 Å². The molecule has 0 saturated carbocycles. The second-order valence-corrected chi connectivity index (χ2v) is 7.94. The van der Waals surface area contributed by atoms with Crippen molar-refractivity contribution >= 4 is 11.6 Å². The maximum Gasteiger partial charge on any atom is 0.244 e. The second-order valence-electron chi connectivity index (χ2n) is 7.94. The molecule has 0 unspecified atom stereocenters. The number of hydrogen-bond donors (Lipinski definition) is 0. The molecule has 0 radical (unpaired) electrons. The average Bonchev–Trinajstić information content (AvgIpc) is 2.73. The first kappa shape index (κ1) is 18.2. The molecule has 1 atom stereocenters. The monoisotopic (exact) mass is 363 g/mol. The van der Waals surface area contributed by atoms with Crippen molar-refractivity contribution in [1.82, 2.24) is 9.88 Å². The zero-order chi connectivity index (χ0) is 18.6. The number of fused-ring (bicyclic) bond motifs is 1. The second kappa shape index (κ2) is 8.22. The lowest BCUT2D eigenvalue weighted by atomic mass is 9.90. The first-order valence-electron chi connectivity index (χ1n) is 10.2. The molecule has 1 amide bonds. The Labute approximate surface area is 162 Å². The van der Waals surface area contributed by atoms with E-state index in [2.05, 4.69) is 41.1 Å². The van der Waals surface area contributed by atoms with Crippen molar-refractivity contribution in [3.8, 4) is 0 Å². The van der Waals surface area contributed by atoms with Crippen molar-refractivity contribution in [2.75, 3.05) is 24.5 Å². The van der Waals surface area contributed by atoms with Crippen LogP contribution in [-0.2, 0) is 17.6 Å². The zero-order valence-electron chi connectivity index (χ0n) is 16.2. The fraction of sp³-hybridized carbons (Fsp3) is 0.478. The van der Waals surface area contributed by atoms with Gasteiger partial charge in [0.1, 0.15) is 0 Å². The van der Waals surface area contributed by atoms with Crippen LogP contribution in [0.3, 0.4) is 0 Å². The predicted molar refractivity (Wildman–Crippen MR) is 109 cm³/mol. The fourth-order valence-corrected chi connectivity index (χ4v) is 4.54.